The second-order valence-corrected chi connectivity index (χ2v) is 15.0. The van der Waals surface area contributed by atoms with Crippen LogP contribution in [0.2, 0.25) is 0 Å². The molecule has 296 valence electrons. The Morgan fingerprint density at radius 3 is 1.40 bits per heavy atom. The number of hydrogen-bond acceptors (Lipinski definition) is 6. The predicted molar refractivity (Wildman–Crippen MR) is 214 cm³/mol. The van der Waals surface area contributed by atoms with E-state index in [0.717, 1.165) is 71.0 Å². The van der Waals surface area contributed by atoms with E-state index in [9.17, 15) is 14.7 Å². The third-order valence-corrected chi connectivity index (χ3v) is 10.1. The van der Waals surface area contributed by atoms with Gasteiger partial charge in [-0.05, 0) is 102 Å². The van der Waals surface area contributed by atoms with Crippen LogP contribution < -0.4 is 0 Å². The maximum Gasteiger partial charge on any atom is 0.305 e. The molecule has 2 atom stereocenters. The summed E-state index contributed by atoms with van der Waals surface area (Å²) in [5, 5.41) is 9.31. The molecule has 0 amide bonds. The van der Waals surface area contributed by atoms with E-state index in [4.69, 9.17) is 9.47 Å². The summed E-state index contributed by atoms with van der Waals surface area (Å²) in [4.78, 5) is 27.8. The Labute approximate surface area is 311 Å². The fourth-order valence-corrected chi connectivity index (χ4v) is 6.78. The van der Waals surface area contributed by atoms with E-state index in [-0.39, 0.29) is 18.5 Å². The average molecular weight is 708 g/mol. The van der Waals surface area contributed by atoms with E-state index in [1.165, 1.54) is 116 Å². The summed E-state index contributed by atoms with van der Waals surface area (Å²) in [7, 11) is 0. The van der Waals surface area contributed by atoms with Crippen molar-refractivity contribution in [3.63, 3.8) is 0 Å². The van der Waals surface area contributed by atoms with Crippen LogP contribution in [0.15, 0.2) is 12.2 Å². The first-order valence-corrected chi connectivity index (χ1v) is 21.8. The summed E-state index contributed by atoms with van der Waals surface area (Å²) in [6.07, 6.45) is 35.7. The number of ether oxygens (including phenoxy) is 2. The lowest BCUT2D eigenvalue weighted by atomic mass is 9.95. The molecule has 6 nitrogen and oxygen atoms in total. The SMILES string of the molecule is CC/C=C/CCCCC(CCCCCC)COC(=O)CCCN(CCCCO)CCCC(=O)OCC(CCCCCC)CCCCCCCC. The van der Waals surface area contributed by atoms with E-state index < -0.39 is 0 Å². The normalized spacial score (nSPS) is 12.9. The van der Waals surface area contributed by atoms with Crippen LogP contribution in [0.3, 0.4) is 0 Å². The van der Waals surface area contributed by atoms with Crippen molar-refractivity contribution in [2.45, 2.75) is 207 Å². The second-order valence-electron chi connectivity index (χ2n) is 15.0. The van der Waals surface area contributed by atoms with Crippen LogP contribution in [0, 0.1) is 11.8 Å². The molecule has 1 N–H and O–H groups in total. The van der Waals surface area contributed by atoms with Crippen LogP contribution in [0.4, 0.5) is 0 Å². The number of aliphatic hydroxyl groups excluding tert-OH is 1. The second kappa shape index (κ2) is 38.8. The van der Waals surface area contributed by atoms with Gasteiger partial charge in [-0.3, -0.25) is 9.59 Å². The highest BCUT2D eigenvalue weighted by molar-refractivity contribution is 5.69. The van der Waals surface area contributed by atoms with Crippen LogP contribution in [-0.4, -0.2) is 61.4 Å². The van der Waals surface area contributed by atoms with Gasteiger partial charge in [0.15, 0.2) is 0 Å². The van der Waals surface area contributed by atoms with Gasteiger partial charge in [-0.2, -0.15) is 0 Å². The lowest BCUT2D eigenvalue weighted by Gasteiger charge is -2.22. The summed E-state index contributed by atoms with van der Waals surface area (Å²) in [6, 6.07) is 0. The molecular formula is C44H85NO5. The van der Waals surface area contributed by atoms with E-state index >= 15 is 0 Å². The van der Waals surface area contributed by atoms with E-state index in [2.05, 4.69) is 44.7 Å². The standard InChI is InChI=1S/C44H85NO5/c1-5-9-13-17-19-23-31-41(29-21-15-11-7-3)39-49-43(47)33-27-36-45(35-25-26-38-46)37-28-34-44(48)50-40-42(30-22-16-12-8-4)32-24-20-18-14-10-6-2/h9,13,41-42,46H,5-8,10-12,14-40H2,1-4H3/b13-9+. The molecule has 2 unspecified atom stereocenters. The number of rotatable bonds is 39. The number of aliphatic hydroxyl groups is 1. The van der Waals surface area contributed by atoms with Crippen molar-refractivity contribution in [3.05, 3.63) is 12.2 Å². The average Bonchev–Trinajstić information content (AvgIpc) is 3.11. The van der Waals surface area contributed by atoms with Gasteiger partial charge >= 0.3 is 11.9 Å². The molecule has 0 saturated carbocycles. The minimum Gasteiger partial charge on any atom is -0.465 e. The van der Waals surface area contributed by atoms with Crippen LogP contribution in [-0.2, 0) is 19.1 Å². The summed E-state index contributed by atoms with van der Waals surface area (Å²) >= 11 is 0. The fraction of sp³-hybridized carbons (Fsp3) is 0.909. The highest BCUT2D eigenvalue weighted by atomic mass is 16.5. The fourth-order valence-electron chi connectivity index (χ4n) is 6.78. The first kappa shape index (κ1) is 48.6. The molecule has 50 heavy (non-hydrogen) atoms. The van der Waals surface area contributed by atoms with Gasteiger partial charge in [0.1, 0.15) is 0 Å². The lowest BCUT2D eigenvalue weighted by Crippen LogP contribution is -2.28. The molecule has 6 heteroatoms. The molecule has 0 aromatic heterocycles. The lowest BCUT2D eigenvalue weighted by molar-refractivity contribution is -0.146. The van der Waals surface area contributed by atoms with Crippen LogP contribution >= 0.6 is 0 Å². The first-order valence-electron chi connectivity index (χ1n) is 21.8. The Balaban J connectivity index is 4.62. The summed E-state index contributed by atoms with van der Waals surface area (Å²) in [6.45, 7) is 12.7. The Hall–Kier alpha value is -1.40. The van der Waals surface area contributed by atoms with Gasteiger partial charge in [0.05, 0.1) is 13.2 Å². The van der Waals surface area contributed by atoms with Crippen molar-refractivity contribution < 1.29 is 24.2 Å². The number of hydrogen-bond donors (Lipinski definition) is 1. The zero-order chi connectivity index (χ0) is 36.8. The zero-order valence-electron chi connectivity index (χ0n) is 33.9. The maximum absolute atomic E-state index is 12.7. The third kappa shape index (κ3) is 33.7. The topological polar surface area (TPSA) is 76.1 Å². The zero-order valence-corrected chi connectivity index (χ0v) is 33.9. The molecule has 0 aromatic rings. The Bertz CT molecular complexity index is 757. The minimum absolute atomic E-state index is 0.0768. The number of carbonyl (C=O) groups is 2. The van der Waals surface area contributed by atoms with E-state index in [1.54, 1.807) is 0 Å². The number of nitrogens with zero attached hydrogens (tertiary/aromatic N) is 1. The van der Waals surface area contributed by atoms with E-state index in [0.29, 0.717) is 37.9 Å². The highest BCUT2D eigenvalue weighted by Crippen LogP contribution is 2.21. The molecular weight excluding hydrogens is 622 g/mol. The Morgan fingerprint density at radius 1 is 0.520 bits per heavy atom. The Morgan fingerprint density at radius 2 is 0.940 bits per heavy atom. The first-order chi connectivity index (χ1) is 24.5. The highest BCUT2D eigenvalue weighted by Gasteiger charge is 2.15. The number of unbranched alkanes of at least 4 members (excludes halogenated alkanes) is 14. The third-order valence-electron chi connectivity index (χ3n) is 10.1. The summed E-state index contributed by atoms with van der Waals surface area (Å²) < 4.78 is 11.6. The predicted octanol–water partition coefficient (Wildman–Crippen LogP) is 12.2. The molecule has 0 saturated heterocycles. The van der Waals surface area contributed by atoms with Gasteiger partial charge in [-0.25, -0.2) is 0 Å². The molecule has 0 aliphatic heterocycles. The molecule has 0 heterocycles. The number of esters is 2. The minimum atomic E-state index is -0.0847. The Kier molecular flexibility index (Phi) is 37.7. The van der Waals surface area contributed by atoms with Gasteiger partial charge in [-0.1, -0.05) is 136 Å². The quantitative estimate of drug-likeness (QED) is 0.0389. The van der Waals surface area contributed by atoms with Crippen molar-refractivity contribution in [1.29, 1.82) is 0 Å². The monoisotopic (exact) mass is 708 g/mol. The number of carbonyl (C=O) groups excluding carboxylic acids is 2. The molecule has 0 fully saturated rings. The molecule has 0 aliphatic rings. The smallest absolute Gasteiger partial charge is 0.305 e. The maximum atomic E-state index is 12.7. The van der Waals surface area contributed by atoms with Crippen LogP contribution in [0.5, 0.6) is 0 Å². The van der Waals surface area contributed by atoms with Crippen molar-refractivity contribution >= 4 is 11.9 Å². The van der Waals surface area contributed by atoms with Gasteiger partial charge < -0.3 is 19.5 Å². The molecule has 0 spiro atoms. The van der Waals surface area contributed by atoms with Crippen LogP contribution in [0.25, 0.3) is 0 Å². The van der Waals surface area contributed by atoms with Gasteiger partial charge in [0.2, 0.25) is 0 Å². The van der Waals surface area contributed by atoms with Crippen molar-refractivity contribution in [3.8, 4) is 0 Å². The molecule has 0 rings (SSSR count). The van der Waals surface area contributed by atoms with Crippen molar-refractivity contribution in [2.75, 3.05) is 39.5 Å². The van der Waals surface area contributed by atoms with Crippen molar-refractivity contribution in [2.24, 2.45) is 11.8 Å². The molecule has 0 radical (unpaired) electrons. The molecule has 0 aromatic carbocycles. The van der Waals surface area contributed by atoms with Crippen molar-refractivity contribution in [1.82, 2.24) is 4.90 Å². The van der Waals surface area contributed by atoms with Gasteiger partial charge in [0, 0.05) is 19.4 Å². The molecule has 0 aliphatic carbocycles. The van der Waals surface area contributed by atoms with Crippen LogP contribution in [0.1, 0.15) is 207 Å². The molecule has 0 bridgehead atoms. The van der Waals surface area contributed by atoms with Gasteiger partial charge in [0.25, 0.3) is 0 Å². The van der Waals surface area contributed by atoms with Gasteiger partial charge in [-0.15, -0.1) is 0 Å². The summed E-state index contributed by atoms with van der Waals surface area (Å²) in [5.41, 5.74) is 0. The van der Waals surface area contributed by atoms with E-state index in [1.807, 2.05) is 0 Å². The largest absolute Gasteiger partial charge is 0.465 e. The number of allylic oxidation sites excluding steroid dienone is 2. The summed E-state index contributed by atoms with van der Waals surface area (Å²) in [5.74, 6) is 0.791.